The van der Waals surface area contributed by atoms with Gasteiger partial charge in [-0.25, -0.2) is 4.39 Å². The average molecular weight is 264 g/mol. The Balaban J connectivity index is 1.83. The van der Waals surface area contributed by atoms with Gasteiger partial charge in [0, 0.05) is 38.0 Å². The molecule has 2 heterocycles. The number of anilines is 1. The highest BCUT2D eigenvalue weighted by molar-refractivity contribution is 5.59. The lowest BCUT2D eigenvalue weighted by Crippen LogP contribution is -2.46. The summed E-state index contributed by atoms with van der Waals surface area (Å²) in [5.41, 5.74) is 8.29. The predicted octanol–water partition coefficient (Wildman–Crippen LogP) is 1.94. The van der Waals surface area contributed by atoms with Gasteiger partial charge in [0.05, 0.1) is 0 Å². The molecule has 3 rings (SSSR count). The zero-order valence-electron chi connectivity index (χ0n) is 11.1. The largest absolute Gasteiger partial charge is 0.381 e. The van der Waals surface area contributed by atoms with Crippen LogP contribution < -0.4 is 10.6 Å². The second-order valence-corrected chi connectivity index (χ2v) is 5.47. The molecule has 0 spiro atoms. The lowest BCUT2D eigenvalue weighted by Gasteiger charge is -2.37. The van der Waals surface area contributed by atoms with Gasteiger partial charge >= 0.3 is 0 Å². The molecule has 1 saturated heterocycles. The highest BCUT2D eigenvalue weighted by Crippen LogP contribution is 2.34. The number of halogens is 1. The highest BCUT2D eigenvalue weighted by atomic mass is 19.1. The van der Waals surface area contributed by atoms with Gasteiger partial charge in [-0.15, -0.1) is 0 Å². The van der Waals surface area contributed by atoms with E-state index in [1.807, 2.05) is 6.07 Å². The van der Waals surface area contributed by atoms with Crippen LogP contribution in [0.5, 0.6) is 0 Å². The van der Waals surface area contributed by atoms with Crippen molar-refractivity contribution in [3.05, 3.63) is 29.6 Å². The molecule has 19 heavy (non-hydrogen) atoms. The molecule has 3 nitrogen and oxygen atoms in total. The van der Waals surface area contributed by atoms with E-state index in [2.05, 4.69) is 4.90 Å². The molecule has 1 aromatic rings. The van der Waals surface area contributed by atoms with Gasteiger partial charge in [0.1, 0.15) is 5.82 Å². The smallest absolute Gasteiger partial charge is 0.125 e. The van der Waals surface area contributed by atoms with Crippen molar-refractivity contribution in [1.82, 2.24) is 0 Å². The zero-order chi connectivity index (χ0) is 13.2. The van der Waals surface area contributed by atoms with Crippen molar-refractivity contribution >= 4 is 5.69 Å². The van der Waals surface area contributed by atoms with E-state index in [0.717, 1.165) is 44.7 Å². The lowest BCUT2D eigenvalue weighted by molar-refractivity contribution is 0.0585. The van der Waals surface area contributed by atoms with Gasteiger partial charge in [0.15, 0.2) is 0 Å². The summed E-state index contributed by atoms with van der Waals surface area (Å²) in [4.78, 5) is 2.31. The Morgan fingerprint density at radius 1 is 1.37 bits per heavy atom. The normalized spacial score (nSPS) is 21.5. The molecule has 0 aliphatic carbocycles. The first kappa shape index (κ1) is 12.9. The number of hydrogen-bond acceptors (Lipinski definition) is 3. The molecule has 1 unspecified atom stereocenters. The van der Waals surface area contributed by atoms with Crippen LogP contribution in [0.1, 0.15) is 18.4 Å². The first-order chi connectivity index (χ1) is 9.29. The number of fused-ring (bicyclic) bond motifs is 1. The average Bonchev–Trinajstić information content (AvgIpc) is 2.84. The summed E-state index contributed by atoms with van der Waals surface area (Å²) in [6.07, 6.45) is 3.11. The Hall–Kier alpha value is -1.13. The third-order valence-electron chi connectivity index (χ3n) is 4.43. The number of benzene rings is 1. The minimum atomic E-state index is -0.159. The van der Waals surface area contributed by atoms with E-state index in [1.165, 1.54) is 5.56 Å². The van der Waals surface area contributed by atoms with Crippen LogP contribution in [0.2, 0.25) is 0 Å². The van der Waals surface area contributed by atoms with E-state index in [9.17, 15) is 4.39 Å². The summed E-state index contributed by atoms with van der Waals surface area (Å²) >= 11 is 0. The summed E-state index contributed by atoms with van der Waals surface area (Å²) in [6, 6.07) is 5.42. The van der Waals surface area contributed by atoms with Gasteiger partial charge in [-0.1, -0.05) is 6.07 Å². The Kier molecular flexibility index (Phi) is 3.71. The van der Waals surface area contributed by atoms with Crippen molar-refractivity contribution in [2.45, 2.75) is 25.3 Å². The van der Waals surface area contributed by atoms with Gasteiger partial charge in [0.2, 0.25) is 0 Å². The maximum Gasteiger partial charge on any atom is 0.125 e. The van der Waals surface area contributed by atoms with Crippen LogP contribution in [-0.4, -0.2) is 32.3 Å². The van der Waals surface area contributed by atoms with E-state index in [1.54, 1.807) is 12.1 Å². The molecule has 4 heteroatoms. The van der Waals surface area contributed by atoms with Crippen molar-refractivity contribution in [2.75, 3.05) is 31.2 Å². The number of ether oxygens (including phenoxy) is 1. The predicted molar refractivity (Wildman–Crippen MR) is 73.8 cm³/mol. The topological polar surface area (TPSA) is 38.5 Å². The fourth-order valence-corrected chi connectivity index (χ4v) is 3.40. The molecule has 0 aromatic heterocycles. The minimum absolute atomic E-state index is 0.159. The van der Waals surface area contributed by atoms with Crippen LogP contribution in [0, 0.1) is 11.7 Å². The SMILES string of the molecule is NCC(C1CCOCC1)N1CCc2ccc(F)cc21. The Bertz CT molecular complexity index is 446. The minimum Gasteiger partial charge on any atom is -0.381 e. The fourth-order valence-electron chi connectivity index (χ4n) is 3.40. The molecule has 104 valence electrons. The number of hydrogen-bond donors (Lipinski definition) is 1. The summed E-state index contributed by atoms with van der Waals surface area (Å²) in [6.45, 7) is 3.23. The molecular weight excluding hydrogens is 243 g/mol. The molecule has 0 amide bonds. The summed E-state index contributed by atoms with van der Waals surface area (Å²) < 4.78 is 18.9. The maximum atomic E-state index is 13.5. The van der Waals surface area contributed by atoms with Crippen molar-refractivity contribution in [3.8, 4) is 0 Å². The van der Waals surface area contributed by atoms with E-state index >= 15 is 0 Å². The maximum absolute atomic E-state index is 13.5. The van der Waals surface area contributed by atoms with Crippen LogP contribution in [0.3, 0.4) is 0 Å². The first-order valence-electron chi connectivity index (χ1n) is 7.12. The Morgan fingerprint density at radius 3 is 2.89 bits per heavy atom. The van der Waals surface area contributed by atoms with E-state index < -0.39 is 0 Å². The number of nitrogens with zero attached hydrogens (tertiary/aromatic N) is 1. The first-order valence-corrected chi connectivity index (χ1v) is 7.12. The summed E-state index contributed by atoms with van der Waals surface area (Å²) in [5, 5.41) is 0. The van der Waals surface area contributed by atoms with Gasteiger partial charge in [-0.05, 0) is 42.9 Å². The molecular formula is C15H21FN2O. The van der Waals surface area contributed by atoms with Crippen molar-refractivity contribution in [2.24, 2.45) is 11.7 Å². The van der Waals surface area contributed by atoms with Crippen LogP contribution >= 0.6 is 0 Å². The Morgan fingerprint density at radius 2 is 2.16 bits per heavy atom. The second kappa shape index (κ2) is 5.47. The zero-order valence-corrected chi connectivity index (χ0v) is 11.1. The Labute approximate surface area is 113 Å². The van der Waals surface area contributed by atoms with Crippen LogP contribution in [0.4, 0.5) is 10.1 Å². The van der Waals surface area contributed by atoms with Gasteiger partial charge in [0.25, 0.3) is 0 Å². The van der Waals surface area contributed by atoms with Crippen molar-refractivity contribution < 1.29 is 9.13 Å². The lowest BCUT2D eigenvalue weighted by atomic mass is 9.90. The van der Waals surface area contributed by atoms with Gasteiger partial charge in [-0.3, -0.25) is 0 Å². The molecule has 2 aliphatic rings. The highest BCUT2D eigenvalue weighted by Gasteiger charge is 2.32. The van der Waals surface area contributed by atoms with Crippen molar-refractivity contribution in [1.29, 1.82) is 0 Å². The second-order valence-electron chi connectivity index (χ2n) is 5.47. The molecule has 1 aromatic carbocycles. The van der Waals surface area contributed by atoms with Gasteiger partial charge < -0.3 is 15.4 Å². The molecule has 0 bridgehead atoms. The molecule has 1 fully saturated rings. The van der Waals surface area contributed by atoms with E-state index in [4.69, 9.17) is 10.5 Å². The van der Waals surface area contributed by atoms with Gasteiger partial charge in [-0.2, -0.15) is 0 Å². The van der Waals surface area contributed by atoms with Crippen LogP contribution in [-0.2, 0) is 11.2 Å². The van der Waals surface area contributed by atoms with Crippen LogP contribution in [0.15, 0.2) is 18.2 Å². The third-order valence-corrected chi connectivity index (χ3v) is 4.43. The summed E-state index contributed by atoms with van der Waals surface area (Å²) in [7, 11) is 0. The monoisotopic (exact) mass is 264 g/mol. The number of nitrogens with two attached hydrogens (primary N) is 1. The van der Waals surface area contributed by atoms with Crippen molar-refractivity contribution in [3.63, 3.8) is 0 Å². The molecule has 2 aliphatic heterocycles. The van der Waals surface area contributed by atoms with Crippen LogP contribution in [0.25, 0.3) is 0 Å². The standard InChI is InChI=1S/C15H21FN2O/c16-13-2-1-11-3-6-18(14(11)9-13)15(10-17)12-4-7-19-8-5-12/h1-2,9,12,15H,3-8,10,17H2. The fraction of sp³-hybridized carbons (Fsp3) is 0.600. The summed E-state index contributed by atoms with van der Waals surface area (Å²) in [5.74, 6) is 0.404. The quantitative estimate of drug-likeness (QED) is 0.906. The molecule has 0 radical (unpaired) electrons. The molecule has 0 saturated carbocycles. The third kappa shape index (κ3) is 2.47. The van der Waals surface area contributed by atoms with E-state index in [-0.39, 0.29) is 5.82 Å². The number of rotatable bonds is 3. The van der Waals surface area contributed by atoms with E-state index in [0.29, 0.717) is 18.5 Å². The molecule has 1 atom stereocenters. The molecule has 2 N–H and O–H groups in total.